The molecule has 0 atom stereocenters. The Hall–Kier alpha value is -3.17. The molecular weight excluding hydrogens is 533 g/mol. The summed E-state index contributed by atoms with van der Waals surface area (Å²) in [7, 11) is 0. The van der Waals surface area contributed by atoms with Crippen molar-refractivity contribution in [2.24, 2.45) is 5.92 Å². The van der Waals surface area contributed by atoms with Crippen molar-refractivity contribution in [2.45, 2.75) is 25.6 Å². The number of anilines is 1. The molecule has 4 aromatic rings. The Morgan fingerprint density at radius 3 is 2.50 bits per heavy atom. The summed E-state index contributed by atoms with van der Waals surface area (Å²) in [4.78, 5) is 19.9. The van der Waals surface area contributed by atoms with Crippen molar-refractivity contribution < 1.29 is 18.0 Å². The van der Waals surface area contributed by atoms with Gasteiger partial charge in [-0.05, 0) is 74.5 Å². The van der Waals surface area contributed by atoms with E-state index in [1.807, 2.05) is 36.4 Å². The summed E-state index contributed by atoms with van der Waals surface area (Å²) < 4.78 is 42.1. The average Bonchev–Trinajstić information content (AvgIpc) is 3.22. The smallest absolute Gasteiger partial charge is 0.326 e. The van der Waals surface area contributed by atoms with E-state index in [-0.39, 0.29) is 17.5 Å². The molecule has 1 aliphatic rings. The van der Waals surface area contributed by atoms with Crippen molar-refractivity contribution in [2.75, 3.05) is 18.4 Å². The van der Waals surface area contributed by atoms with Crippen LogP contribution in [0.25, 0.3) is 16.7 Å². The number of imidazole rings is 1. The molecule has 0 spiro atoms. The number of fused-ring (bicyclic) bond motifs is 1. The van der Waals surface area contributed by atoms with Crippen molar-refractivity contribution in [3.05, 3.63) is 88.7 Å². The van der Waals surface area contributed by atoms with Gasteiger partial charge in [-0.3, -0.25) is 14.3 Å². The highest BCUT2D eigenvalue weighted by Gasteiger charge is 2.31. The molecule has 0 aliphatic carbocycles. The largest absolute Gasteiger partial charge is 0.416 e. The second kappa shape index (κ2) is 10.1. The number of hydrogen-bond donors (Lipinski definition) is 1. The number of benzene rings is 3. The minimum Gasteiger partial charge on any atom is -0.326 e. The second-order valence-electron chi connectivity index (χ2n) is 8.95. The minimum atomic E-state index is -4.45. The zero-order valence-corrected chi connectivity index (χ0v) is 20.9. The Bertz CT molecular complexity index is 1390. The highest BCUT2D eigenvalue weighted by Crippen LogP contribution is 2.31. The maximum absolute atomic E-state index is 13.0. The molecule has 1 aliphatic heterocycles. The molecule has 0 saturated carbocycles. The number of carbonyl (C=O) groups is 1. The van der Waals surface area contributed by atoms with E-state index >= 15 is 0 Å². The van der Waals surface area contributed by atoms with Gasteiger partial charge in [-0.1, -0.05) is 40.2 Å². The molecule has 1 saturated heterocycles. The highest BCUT2D eigenvalue weighted by atomic mass is 79.9. The van der Waals surface area contributed by atoms with Crippen LogP contribution in [0.4, 0.5) is 18.9 Å². The number of amides is 1. The summed E-state index contributed by atoms with van der Waals surface area (Å²) in [6, 6.07) is 20.9. The van der Waals surface area contributed by atoms with Crippen LogP contribution in [0.3, 0.4) is 0 Å². The summed E-state index contributed by atoms with van der Waals surface area (Å²) in [6.45, 7) is 2.02. The van der Waals surface area contributed by atoms with Crippen molar-refractivity contribution in [3.8, 4) is 5.69 Å². The second-order valence-corrected chi connectivity index (χ2v) is 9.87. The van der Waals surface area contributed by atoms with E-state index in [2.05, 4.69) is 42.8 Å². The Morgan fingerprint density at radius 1 is 1.00 bits per heavy atom. The van der Waals surface area contributed by atoms with Crippen LogP contribution >= 0.6 is 15.9 Å². The molecule has 3 aromatic carbocycles. The van der Waals surface area contributed by atoms with Crippen LogP contribution in [0, 0.1) is 5.92 Å². The molecular formula is C27H24BrF3N4O. The standard InChI is InChI=1S/C27H24BrF3N4O/c28-20-6-4-8-22(16-20)35-24-10-2-1-9-23(24)33-25(35)17-34-13-11-18(12-14-34)26(36)32-21-7-3-5-19(15-21)27(29,30)31/h1-10,15-16,18H,11-14,17H2,(H,32,36). The van der Waals surface area contributed by atoms with Gasteiger partial charge in [-0.25, -0.2) is 4.98 Å². The van der Waals surface area contributed by atoms with E-state index in [0.29, 0.717) is 32.5 Å². The fourth-order valence-corrected chi connectivity index (χ4v) is 5.04. The average molecular weight is 557 g/mol. The number of likely N-dealkylation sites (tertiary alicyclic amines) is 1. The predicted octanol–water partition coefficient (Wildman–Crippen LogP) is 6.66. The normalized spacial score (nSPS) is 15.3. The van der Waals surface area contributed by atoms with Crippen molar-refractivity contribution in [1.82, 2.24) is 14.5 Å². The summed E-state index contributed by atoms with van der Waals surface area (Å²) in [5.74, 6) is 0.427. The number of aromatic nitrogens is 2. The molecule has 5 rings (SSSR count). The van der Waals surface area contributed by atoms with Crippen LogP contribution in [0.1, 0.15) is 24.2 Å². The fourth-order valence-electron chi connectivity index (χ4n) is 4.66. The number of alkyl halides is 3. The number of rotatable bonds is 5. The topological polar surface area (TPSA) is 50.2 Å². The summed E-state index contributed by atoms with van der Waals surface area (Å²) in [5, 5.41) is 2.66. The zero-order chi connectivity index (χ0) is 25.3. The summed E-state index contributed by atoms with van der Waals surface area (Å²) >= 11 is 3.55. The molecule has 1 amide bonds. The number of carbonyl (C=O) groups excluding carboxylic acids is 1. The first-order chi connectivity index (χ1) is 17.3. The molecule has 0 unspecified atom stereocenters. The van der Waals surface area contributed by atoms with Gasteiger partial charge in [0.25, 0.3) is 0 Å². The molecule has 1 N–H and O–H groups in total. The van der Waals surface area contributed by atoms with Gasteiger partial charge in [-0.2, -0.15) is 13.2 Å². The van der Waals surface area contributed by atoms with E-state index in [4.69, 9.17) is 4.98 Å². The molecule has 0 radical (unpaired) electrons. The SMILES string of the molecule is O=C(Nc1cccc(C(F)(F)F)c1)C1CCN(Cc2nc3ccccc3n2-c2cccc(Br)c2)CC1. The quantitative estimate of drug-likeness (QED) is 0.299. The lowest BCUT2D eigenvalue weighted by Gasteiger charge is -2.31. The lowest BCUT2D eigenvalue weighted by Crippen LogP contribution is -2.38. The maximum Gasteiger partial charge on any atom is 0.416 e. The van der Waals surface area contributed by atoms with E-state index in [1.165, 1.54) is 12.1 Å². The number of halogens is 4. The van der Waals surface area contributed by atoms with Crippen LogP contribution < -0.4 is 5.32 Å². The van der Waals surface area contributed by atoms with Crippen molar-refractivity contribution in [1.29, 1.82) is 0 Å². The number of hydrogen-bond acceptors (Lipinski definition) is 3. The first kappa shape index (κ1) is 24.5. The summed E-state index contributed by atoms with van der Waals surface area (Å²) in [5.41, 5.74) is 2.36. The molecule has 1 fully saturated rings. The molecule has 5 nitrogen and oxygen atoms in total. The molecule has 2 heterocycles. The van der Waals surface area contributed by atoms with E-state index in [1.54, 1.807) is 0 Å². The van der Waals surface area contributed by atoms with Crippen LogP contribution in [-0.2, 0) is 17.5 Å². The van der Waals surface area contributed by atoms with E-state index in [9.17, 15) is 18.0 Å². The molecule has 186 valence electrons. The van der Waals surface area contributed by atoms with Gasteiger partial charge in [0.15, 0.2) is 0 Å². The van der Waals surface area contributed by atoms with Crippen LogP contribution in [0.15, 0.2) is 77.3 Å². The Balaban J connectivity index is 1.27. The fraction of sp³-hybridized carbons (Fsp3) is 0.259. The predicted molar refractivity (Wildman–Crippen MR) is 137 cm³/mol. The number of nitrogens with zero attached hydrogens (tertiary/aromatic N) is 3. The van der Waals surface area contributed by atoms with Crippen LogP contribution in [-0.4, -0.2) is 33.4 Å². The summed E-state index contributed by atoms with van der Waals surface area (Å²) in [6.07, 6.45) is -3.19. The first-order valence-electron chi connectivity index (χ1n) is 11.7. The van der Waals surface area contributed by atoms with Gasteiger partial charge in [0.05, 0.1) is 23.1 Å². The monoisotopic (exact) mass is 556 g/mol. The maximum atomic E-state index is 13.0. The third-order valence-corrected chi connectivity index (χ3v) is 6.97. The van der Waals surface area contributed by atoms with E-state index < -0.39 is 11.7 Å². The first-order valence-corrected chi connectivity index (χ1v) is 12.5. The van der Waals surface area contributed by atoms with Crippen LogP contribution in [0.2, 0.25) is 0 Å². The molecule has 1 aromatic heterocycles. The zero-order valence-electron chi connectivity index (χ0n) is 19.3. The highest BCUT2D eigenvalue weighted by molar-refractivity contribution is 9.10. The van der Waals surface area contributed by atoms with Gasteiger partial charge < -0.3 is 5.32 Å². The van der Waals surface area contributed by atoms with Gasteiger partial charge in [0, 0.05) is 21.8 Å². The molecule has 36 heavy (non-hydrogen) atoms. The minimum absolute atomic E-state index is 0.167. The number of piperidine rings is 1. The Morgan fingerprint density at radius 2 is 1.75 bits per heavy atom. The number of para-hydroxylation sites is 2. The van der Waals surface area contributed by atoms with Gasteiger partial charge in [0.2, 0.25) is 5.91 Å². The van der Waals surface area contributed by atoms with Crippen molar-refractivity contribution in [3.63, 3.8) is 0 Å². The molecule has 0 bridgehead atoms. The van der Waals surface area contributed by atoms with Crippen molar-refractivity contribution >= 4 is 38.6 Å². The molecule has 9 heteroatoms. The lowest BCUT2D eigenvalue weighted by atomic mass is 9.95. The third kappa shape index (κ3) is 5.32. The van der Waals surface area contributed by atoms with E-state index in [0.717, 1.165) is 39.2 Å². The van der Waals surface area contributed by atoms with Gasteiger partial charge in [-0.15, -0.1) is 0 Å². The Labute approximate surface area is 215 Å². The lowest BCUT2D eigenvalue weighted by molar-refractivity contribution is -0.137. The van der Waals surface area contributed by atoms with Gasteiger partial charge >= 0.3 is 6.18 Å². The number of nitrogens with one attached hydrogen (secondary N) is 1. The van der Waals surface area contributed by atoms with Crippen LogP contribution in [0.5, 0.6) is 0 Å². The third-order valence-electron chi connectivity index (χ3n) is 6.48. The Kier molecular flexibility index (Phi) is 6.85. The van der Waals surface area contributed by atoms with Gasteiger partial charge in [0.1, 0.15) is 5.82 Å².